The zero-order valence-corrected chi connectivity index (χ0v) is 19.6. The molecule has 2 aromatic carbocycles. The highest BCUT2D eigenvalue weighted by atomic mass is 32.2. The van der Waals surface area contributed by atoms with Gasteiger partial charge in [-0.05, 0) is 68.0 Å². The summed E-state index contributed by atoms with van der Waals surface area (Å²) in [7, 11) is 0. The molecule has 1 amide bonds. The molecule has 0 unspecified atom stereocenters. The summed E-state index contributed by atoms with van der Waals surface area (Å²) >= 11 is 2.92. The molecule has 0 aliphatic heterocycles. The molecule has 0 fully saturated rings. The highest BCUT2D eigenvalue weighted by Crippen LogP contribution is 2.36. The molecule has 5 nitrogen and oxygen atoms in total. The third-order valence-corrected chi connectivity index (χ3v) is 8.06. The number of hydrogen-bond donors (Lipinski definition) is 1. The van der Waals surface area contributed by atoms with Crippen LogP contribution in [-0.4, -0.2) is 21.2 Å². The molecule has 0 saturated carbocycles. The molecule has 32 heavy (non-hydrogen) atoms. The van der Waals surface area contributed by atoms with Crippen molar-refractivity contribution >= 4 is 44.9 Å². The lowest BCUT2D eigenvalue weighted by Crippen LogP contribution is -2.23. The minimum Gasteiger partial charge on any atom is -0.325 e. The van der Waals surface area contributed by atoms with Gasteiger partial charge in [-0.2, -0.15) is 0 Å². The van der Waals surface area contributed by atoms with Crippen molar-refractivity contribution in [2.45, 2.75) is 38.3 Å². The third kappa shape index (κ3) is 3.76. The minimum absolute atomic E-state index is 0.0435. The number of carbonyl (C=O) groups excluding carboxylic acids is 1. The van der Waals surface area contributed by atoms with Gasteiger partial charge in [-0.1, -0.05) is 42.1 Å². The molecule has 162 valence electrons. The molecule has 7 heteroatoms. The van der Waals surface area contributed by atoms with Gasteiger partial charge in [0, 0.05) is 10.6 Å². The number of nitrogens with one attached hydrogen (secondary N) is 1. The Morgan fingerprint density at radius 2 is 1.94 bits per heavy atom. The summed E-state index contributed by atoms with van der Waals surface area (Å²) in [6.45, 7) is 4.02. The maximum Gasteiger partial charge on any atom is 0.267 e. The molecule has 5 rings (SSSR count). The third-order valence-electron chi connectivity index (χ3n) is 5.93. The number of nitrogens with zero attached hydrogens (tertiary/aromatic N) is 2. The first-order valence-electron chi connectivity index (χ1n) is 10.6. The first kappa shape index (κ1) is 21.0. The Bertz CT molecular complexity index is 1390. The normalized spacial score (nSPS) is 12.8. The van der Waals surface area contributed by atoms with E-state index >= 15 is 0 Å². The van der Waals surface area contributed by atoms with Crippen LogP contribution in [0.5, 0.6) is 0 Å². The molecule has 0 spiro atoms. The number of fused-ring (bicyclic) bond motifs is 3. The molecule has 0 saturated heterocycles. The van der Waals surface area contributed by atoms with Gasteiger partial charge in [-0.3, -0.25) is 14.2 Å². The largest absolute Gasteiger partial charge is 0.325 e. The Morgan fingerprint density at radius 1 is 1.12 bits per heavy atom. The molecule has 0 bridgehead atoms. The number of para-hydroxylation sites is 1. The Balaban J connectivity index is 1.50. The van der Waals surface area contributed by atoms with Crippen molar-refractivity contribution < 1.29 is 4.79 Å². The zero-order chi connectivity index (χ0) is 22.2. The Kier molecular flexibility index (Phi) is 5.61. The van der Waals surface area contributed by atoms with Crippen LogP contribution in [0.25, 0.3) is 15.9 Å². The highest BCUT2D eigenvalue weighted by molar-refractivity contribution is 7.99. The van der Waals surface area contributed by atoms with E-state index in [1.165, 1.54) is 16.6 Å². The number of amides is 1. The van der Waals surface area contributed by atoms with Gasteiger partial charge in [0.1, 0.15) is 4.83 Å². The van der Waals surface area contributed by atoms with E-state index in [1.807, 2.05) is 62.4 Å². The summed E-state index contributed by atoms with van der Waals surface area (Å²) in [4.78, 5) is 33.2. The van der Waals surface area contributed by atoms with Gasteiger partial charge in [0.15, 0.2) is 5.16 Å². The smallest absolute Gasteiger partial charge is 0.267 e. The number of thiophene rings is 1. The molecule has 2 aromatic heterocycles. The van der Waals surface area contributed by atoms with E-state index in [9.17, 15) is 9.59 Å². The number of rotatable bonds is 5. The average molecular weight is 462 g/mol. The maximum atomic E-state index is 13.6. The topological polar surface area (TPSA) is 64.0 Å². The monoisotopic (exact) mass is 461 g/mol. The SMILES string of the molecule is Cc1cccc(NC(=O)CSc2nc3sc4c(c3c(=O)n2-c2ccccc2)CCC4)c1C. The number of hydrogen-bond acceptors (Lipinski definition) is 5. The van der Waals surface area contributed by atoms with Crippen LogP contribution in [-0.2, 0) is 17.6 Å². The van der Waals surface area contributed by atoms with Gasteiger partial charge in [0.05, 0.1) is 16.8 Å². The van der Waals surface area contributed by atoms with Crippen LogP contribution in [0.2, 0.25) is 0 Å². The zero-order valence-electron chi connectivity index (χ0n) is 18.0. The van der Waals surface area contributed by atoms with Crippen molar-refractivity contribution in [3.63, 3.8) is 0 Å². The van der Waals surface area contributed by atoms with Crippen molar-refractivity contribution in [2.24, 2.45) is 0 Å². The van der Waals surface area contributed by atoms with Gasteiger partial charge in [-0.25, -0.2) is 4.98 Å². The van der Waals surface area contributed by atoms with Gasteiger partial charge in [0.25, 0.3) is 5.56 Å². The van der Waals surface area contributed by atoms with E-state index in [0.717, 1.165) is 57.5 Å². The van der Waals surface area contributed by atoms with Crippen molar-refractivity contribution in [2.75, 3.05) is 11.1 Å². The van der Waals surface area contributed by atoms with Crippen LogP contribution < -0.4 is 10.9 Å². The summed E-state index contributed by atoms with van der Waals surface area (Å²) in [6, 6.07) is 15.4. The number of benzene rings is 2. The molecule has 0 radical (unpaired) electrons. The van der Waals surface area contributed by atoms with E-state index in [1.54, 1.807) is 15.9 Å². The second kappa shape index (κ2) is 8.56. The van der Waals surface area contributed by atoms with Crippen molar-refractivity contribution in [3.05, 3.63) is 80.5 Å². The van der Waals surface area contributed by atoms with E-state index < -0.39 is 0 Å². The van der Waals surface area contributed by atoms with E-state index in [0.29, 0.717) is 5.16 Å². The average Bonchev–Trinajstić information content (AvgIpc) is 3.37. The van der Waals surface area contributed by atoms with Crippen LogP contribution >= 0.6 is 23.1 Å². The van der Waals surface area contributed by atoms with Crippen LogP contribution in [0.3, 0.4) is 0 Å². The number of anilines is 1. The van der Waals surface area contributed by atoms with Crippen LogP contribution in [0.4, 0.5) is 5.69 Å². The number of aromatic nitrogens is 2. The second-order valence-corrected chi connectivity index (χ2v) is 10.0. The van der Waals surface area contributed by atoms with Gasteiger partial charge in [-0.15, -0.1) is 11.3 Å². The fourth-order valence-corrected chi connectivity index (χ4v) is 6.24. The summed E-state index contributed by atoms with van der Waals surface area (Å²) in [6.07, 6.45) is 3.05. The molecule has 2 heterocycles. The van der Waals surface area contributed by atoms with E-state index in [2.05, 4.69) is 5.32 Å². The molecule has 1 N–H and O–H groups in total. The lowest BCUT2D eigenvalue weighted by atomic mass is 10.1. The second-order valence-electron chi connectivity index (χ2n) is 7.99. The fraction of sp³-hybridized carbons (Fsp3) is 0.240. The molecule has 1 aliphatic rings. The number of thioether (sulfide) groups is 1. The molecule has 4 aromatic rings. The van der Waals surface area contributed by atoms with E-state index in [-0.39, 0.29) is 17.2 Å². The molecular formula is C25H23N3O2S2. The van der Waals surface area contributed by atoms with Crippen molar-refractivity contribution in [3.8, 4) is 5.69 Å². The first-order valence-corrected chi connectivity index (χ1v) is 12.4. The Hall–Kier alpha value is -2.90. The number of aryl methyl sites for hydroxylation is 3. The predicted molar refractivity (Wildman–Crippen MR) is 133 cm³/mol. The Morgan fingerprint density at radius 3 is 2.75 bits per heavy atom. The van der Waals surface area contributed by atoms with Gasteiger partial charge < -0.3 is 5.32 Å². The summed E-state index contributed by atoms with van der Waals surface area (Å²) in [5.74, 6) is 0.0508. The summed E-state index contributed by atoms with van der Waals surface area (Å²) in [5.41, 5.74) is 4.89. The predicted octanol–water partition coefficient (Wildman–Crippen LogP) is 5.28. The van der Waals surface area contributed by atoms with Crippen molar-refractivity contribution in [1.82, 2.24) is 9.55 Å². The molecular weight excluding hydrogens is 438 g/mol. The van der Waals surface area contributed by atoms with Gasteiger partial charge in [0.2, 0.25) is 5.91 Å². The highest BCUT2D eigenvalue weighted by Gasteiger charge is 2.24. The molecule has 0 atom stereocenters. The maximum absolute atomic E-state index is 13.6. The van der Waals surface area contributed by atoms with Crippen LogP contribution in [0.1, 0.15) is 28.0 Å². The van der Waals surface area contributed by atoms with Crippen molar-refractivity contribution in [1.29, 1.82) is 0 Å². The lowest BCUT2D eigenvalue weighted by molar-refractivity contribution is -0.113. The minimum atomic E-state index is -0.119. The van der Waals surface area contributed by atoms with E-state index in [4.69, 9.17) is 4.98 Å². The number of carbonyl (C=O) groups is 1. The fourth-order valence-electron chi connectivity index (χ4n) is 4.13. The Labute approximate surface area is 194 Å². The lowest BCUT2D eigenvalue weighted by Gasteiger charge is -2.13. The summed E-state index contributed by atoms with van der Waals surface area (Å²) in [5, 5.41) is 4.28. The standard InChI is InChI=1S/C25H23N3O2S2/c1-15-8-6-12-19(16(15)2)26-21(29)14-31-25-27-23-22(18-11-7-13-20(18)32-23)24(30)28(25)17-9-4-3-5-10-17/h3-6,8-10,12H,7,11,13-14H2,1-2H3,(H,26,29). The van der Waals surface area contributed by atoms with Crippen LogP contribution in [0.15, 0.2) is 58.5 Å². The quantitative estimate of drug-likeness (QED) is 0.324. The summed E-state index contributed by atoms with van der Waals surface area (Å²) < 4.78 is 1.66. The molecule has 1 aliphatic carbocycles. The van der Waals surface area contributed by atoms with Crippen LogP contribution in [0, 0.1) is 13.8 Å². The van der Waals surface area contributed by atoms with Gasteiger partial charge >= 0.3 is 0 Å². The first-order chi connectivity index (χ1) is 15.5.